The molecule has 0 amide bonds. The zero-order valence-corrected chi connectivity index (χ0v) is 9.11. The van der Waals surface area contributed by atoms with Gasteiger partial charge >= 0.3 is 0 Å². The number of likely N-dealkylation sites (tertiary alicyclic amines) is 1. The van der Waals surface area contributed by atoms with E-state index in [1.165, 1.54) is 32.4 Å². The topological polar surface area (TPSA) is 38.5 Å². The molecule has 3 unspecified atom stereocenters. The molecule has 3 heteroatoms. The van der Waals surface area contributed by atoms with Gasteiger partial charge in [-0.25, -0.2) is 0 Å². The summed E-state index contributed by atoms with van der Waals surface area (Å²) >= 11 is 0. The zero-order valence-electron chi connectivity index (χ0n) is 9.11. The molecule has 1 saturated heterocycles. The average Bonchev–Trinajstić information content (AvgIpc) is 2.59. The van der Waals surface area contributed by atoms with Crippen molar-refractivity contribution in [2.24, 2.45) is 17.6 Å². The van der Waals surface area contributed by atoms with Crippen molar-refractivity contribution in [1.29, 1.82) is 0 Å². The van der Waals surface area contributed by atoms with Gasteiger partial charge in [-0.1, -0.05) is 6.42 Å². The molecule has 1 saturated carbocycles. The molecule has 14 heavy (non-hydrogen) atoms. The summed E-state index contributed by atoms with van der Waals surface area (Å²) in [4.78, 5) is 2.52. The molecule has 0 aromatic carbocycles. The van der Waals surface area contributed by atoms with Gasteiger partial charge in [0.15, 0.2) is 0 Å². The van der Waals surface area contributed by atoms with E-state index < -0.39 is 0 Å². The van der Waals surface area contributed by atoms with Crippen LogP contribution in [0.2, 0.25) is 0 Å². The van der Waals surface area contributed by atoms with E-state index in [1.807, 2.05) is 0 Å². The predicted octanol–water partition coefficient (Wildman–Crippen LogP) is 0.692. The number of hydrogen-bond donors (Lipinski definition) is 1. The van der Waals surface area contributed by atoms with Crippen LogP contribution in [-0.4, -0.2) is 44.3 Å². The van der Waals surface area contributed by atoms with Gasteiger partial charge in [0.2, 0.25) is 0 Å². The summed E-state index contributed by atoms with van der Waals surface area (Å²) in [6.07, 6.45) is 3.96. The highest BCUT2D eigenvalue weighted by Crippen LogP contribution is 2.35. The average molecular weight is 198 g/mol. The Kier molecular flexibility index (Phi) is 3.42. The molecule has 0 spiro atoms. The molecule has 0 radical (unpaired) electrons. The second-order valence-corrected chi connectivity index (χ2v) is 4.77. The fourth-order valence-corrected chi connectivity index (χ4v) is 3.01. The van der Waals surface area contributed by atoms with Crippen LogP contribution in [0.15, 0.2) is 0 Å². The third-order valence-electron chi connectivity index (χ3n) is 3.84. The Balaban J connectivity index is 1.84. The Bertz CT molecular complexity index is 186. The Morgan fingerprint density at radius 2 is 2.21 bits per heavy atom. The third kappa shape index (κ3) is 2.10. The Morgan fingerprint density at radius 1 is 1.36 bits per heavy atom. The predicted molar refractivity (Wildman–Crippen MR) is 57.1 cm³/mol. The first-order valence-electron chi connectivity index (χ1n) is 5.78. The monoisotopic (exact) mass is 198 g/mol. The lowest BCUT2D eigenvalue weighted by Crippen LogP contribution is -2.38. The second kappa shape index (κ2) is 4.60. The maximum Gasteiger partial charge on any atom is 0.0589 e. The molecule has 2 aliphatic rings. The van der Waals surface area contributed by atoms with E-state index in [-0.39, 0.29) is 0 Å². The van der Waals surface area contributed by atoms with Crippen molar-refractivity contribution in [2.45, 2.75) is 25.3 Å². The number of fused-ring (bicyclic) bond motifs is 1. The molecule has 82 valence electrons. The first kappa shape index (κ1) is 10.4. The van der Waals surface area contributed by atoms with Crippen LogP contribution in [0.5, 0.6) is 0 Å². The molecule has 1 heterocycles. The minimum Gasteiger partial charge on any atom is -0.383 e. The highest BCUT2D eigenvalue weighted by atomic mass is 16.5. The quantitative estimate of drug-likeness (QED) is 0.725. The van der Waals surface area contributed by atoms with Crippen LogP contribution in [0.3, 0.4) is 0 Å². The molecule has 1 aliphatic heterocycles. The van der Waals surface area contributed by atoms with E-state index in [2.05, 4.69) is 4.90 Å². The van der Waals surface area contributed by atoms with Gasteiger partial charge in [0.25, 0.3) is 0 Å². The van der Waals surface area contributed by atoms with E-state index >= 15 is 0 Å². The SMILES string of the molecule is COCCN1CC2CCCC(N)C2C1. The van der Waals surface area contributed by atoms with Gasteiger partial charge in [-0.15, -0.1) is 0 Å². The van der Waals surface area contributed by atoms with Gasteiger partial charge in [-0.2, -0.15) is 0 Å². The van der Waals surface area contributed by atoms with E-state index in [0.717, 1.165) is 25.0 Å². The van der Waals surface area contributed by atoms with Crippen LogP contribution in [0.4, 0.5) is 0 Å². The Labute approximate surface area is 86.6 Å². The van der Waals surface area contributed by atoms with Gasteiger partial charge < -0.3 is 15.4 Å². The lowest BCUT2D eigenvalue weighted by Gasteiger charge is -2.29. The molecule has 2 N–H and O–H groups in total. The van der Waals surface area contributed by atoms with Crippen LogP contribution >= 0.6 is 0 Å². The highest BCUT2D eigenvalue weighted by molar-refractivity contribution is 4.92. The Morgan fingerprint density at radius 3 is 2.93 bits per heavy atom. The van der Waals surface area contributed by atoms with Crippen LogP contribution in [0.25, 0.3) is 0 Å². The minimum atomic E-state index is 0.460. The summed E-state index contributed by atoms with van der Waals surface area (Å²) in [7, 11) is 1.77. The van der Waals surface area contributed by atoms with Crippen molar-refractivity contribution in [3.05, 3.63) is 0 Å². The van der Waals surface area contributed by atoms with E-state index in [1.54, 1.807) is 7.11 Å². The van der Waals surface area contributed by atoms with Gasteiger partial charge in [-0.05, 0) is 24.7 Å². The van der Waals surface area contributed by atoms with Crippen molar-refractivity contribution in [2.75, 3.05) is 33.4 Å². The number of methoxy groups -OCH3 is 1. The van der Waals surface area contributed by atoms with E-state index in [0.29, 0.717) is 6.04 Å². The van der Waals surface area contributed by atoms with Crippen LogP contribution < -0.4 is 5.73 Å². The maximum absolute atomic E-state index is 6.15. The lowest BCUT2D eigenvalue weighted by molar-refractivity contribution is 0.157. The van der Waals surface area contributed by atoms with Crippen molar-refractivity contribution in [3.8, 4) is 0 Å². The summed E-state index contributed by atoms with van der Waals surface area (Å²) in [6, 6.07) is 0.460. The number of rotatable bonds is 3. The fraction of sp³-hybridized carbons (Fsp3) is 1.00. The molecule has 1 aliphatic carbocycles. The molecule has 2 fully saturated rings. The molecule has 2 rings (SSSR count). The zero-order chi connectivity index (χ0) is 9.97. The lowest BCUT2D eigenvalue weighted by atomic mass is 9.78. The number of nitrogens with two attached hydrogens (primary N) is 1. The summed E-state index contributed by atoms with van der Waals surface area (Å²) < 4.78 is 5.11. The van der Waals surface area contributed by atoms with E-state index in [9.17, 15) is 0 Å². The fourth-order valence-electron chi connectivity index (χ4n) is 3.01. The summed E-state index contributed by atoms with van der Waals surface area (Å²) in [6.45, 7) is 4.39. The standard InChI is InChI=1S/C11H22N2O/c1-14-6-5-13-7-9-3-2-4-11(12)10(9)8-13/h9-11H,2-8,12H2,1H3. The van der Waals surface area contributed by atoms with Crippen molar-refractivity contribution in [3.63, 3.8) is 0 Å². The number of ether oxygens (including phenoxy) is 1. The maximum atomic E-state index is 6.15. The second-order valence-electron chi connectivity index (χ2n) is 4.77. The molecule has 0 aromatic rings. The molecule has 0 aromatic heterocycles. The first-order valence-corrected chi connectivity index (χ1v) is 5.78. The smallest absolute Gasteiger partial charge is 0.0589 e. The van der Waals surface area contributed by atoms with Gasteiger partial charge in [-0.3, -0.25) is 0 Å². The van der Waals surface area contributed by atoms with Gasteiger partial charge in [0.05, 0.1) is 6.61 Å². The van der Waals surface area contributed by atoms with Crippen molar-refractivity contribution in [1.82, 2.24) is 4.90 Å². The molecule has 3 atom stereocenters. The molecular formula is C11H22N2O. The van der Waals surface area contributed by atoms with Crippen LogP contribution in [0.1, 0.15) is 19.3 Å². The minimum absolute atomic E-state index is 0.460. The van der Waals surface area contributed by atoms with Crippen LogP contribution in [0, 0.1) is 11.8 Å². The Hall–Kier alpha value is -0.120. The largest absolute Gasteiger partial charge is 0.383 e. The molecule has 3 nitrogen and oxygen atoms in total. The van der Waals surface area contributed by atoms with Gasteiger partial charge in [0.1, 0.15) is 0 Å². The van der Waals surface area contributed by atoms with Crippen molar-refractivity contribution >= 4 is 0 Å². The third-order valence-corrected chi connectivity index (χ3v) is 3.84. The summed E-state index contributed by atoms with van der Waals surface area (Å²) in [5, 5.41) is 0. The van der Waals surface area contributed by atoms with Gasteiger partial charge in [0, 0.05) is 32.8 Å². The van der Waals surface area contributed by atoms with E-state index in [4.69, 9.17) is 10.5 Å². The first-order chi connectivity index (χ1) is 6.81. The number of nitrogens with zero attached hydrogens (tertiary/aromatic N) is 1. The summed E-state index contributed by atoms with van der Waals surface area (Å²) in [5.41, 5.74) is 6.15. The van der Waals surface area contributed by atoms with Crippen molar-refractivity contribution < 1.29 is 4.74 Å². The molecule has 0 bridgehead atoms. The highest BCUT2D eigenvalue weighted by Gasteiger charge is 2.38. The van der Waals surface area contributed by atoms with Crippen LogP contribution in [-0.2, 0) is 4.74 Å². The normalized spacial score (nSPS) is 38.6. The summed E-state index contributed by atoms with van der Waals surface area (Å²) in [5.74, 6) is 1.64. The number of hydrogen-bond acceptors (Lipinski definition) is 3. The molecular weight excluding hydrogens is 176 g/mol.